The van der Waals surface area contributed by atoms with Crippen LogP contribution in [0.15, 0.2) is 78.2 Å². The molecular weight excluding hydrogens is 587 g/mol. The number of benzene rings is 3. The van der Waals surface area contributed by atoms with E-state index in [9.17, 15) is 22.8 Å². The van der Waals surface area contributed by atoms with Crippen molar-refractivity contribution in [3.63, 3.8) is 0 Å². The second kappa shape index (κ2) is 13.0. The molecule has 0 saturated carbocycles. The molecule has 0 unspecified atom stereocenters. The first-order chi connectivity index (χ1) is 20.2. The zero-order valence-corrected chi connectivity index (χ0v) is 23.9. The molecule has 6 nitrogen and oxygen atoms in total. The van der Waals surface area contributed by atoms with Crippen molar-refractivity contribution < 1.29 is 27.5 Å². The number of nitrogens with zero attached hydrogens (tertiary/aromatic N) is 2. The van der Waals surface area contributed by atoms with Gasteiger partial charge in [0.15, 0.2) is 0 Å². The maximum atomic E-state index is 13.1. The van der Waals surface area contributed by atoms with Crippen LogP contribution in [-0.2, 0) is 11.2 Å². The predicted molar refractivity (Wildman–Crippen MR) is 157 cm³/mol. The third kappa shape index (κ3) is 7.49. The van der Waals surface area contributed by atoms with E-state index < -0.39 is 6.36 Å². The van der Waals surface area contributed by atoms with E-state index in [0.29, 0.717) is 47.8 Å². The Hall–Kier alpha value is -3.89. The third-order valence-electron chi connectivity index (χ3n) is 7.09. The molecule has 0 bridgehead atoms. The number of ether oxygens (including phenoxy) is 1. The first-order valence-corrected chi connectivity index (χ1v) is 14.7. The number of anilines is 1. The number of carbonyl (C=O) groups excluding carboxylic acids is 2. The summed E-state index contributed by atoms with van der Waals surface area (Å²) in [6.45, 7) is 1.26. The standard InChI is InChI=1S/C31H27ClF3N3O3S/c32-25-7-3-1-5-21(25)11-14-28(39)38-17-15-22(16-18-38)30-37-27(19-42-30)29(40)36-26-8-4-2-6-24(26)20-9-12-23(13-10-20)41-31(33,34)35/h1-10,12-13,19,22H,11,14-18H2,(H,36,40). The molecule has 1 N–H and O–H groups in total. The van der Waals surface area contributed by atoms with Gasteiger partial charge in [0, 0.05) is 47.1 Å². The highest BCUT2D eigenvalue weighted by Gasteiger charge is 2.31. The Labute approximate surface area is 250 Å². The van der Waals surface area contributed by atoms with E-state index in [1.807, 2.05) is 29.2 Å². The van der Waals surface area contributed by atoms with Crippen molar-refractivity contribution in [1.29, 1.82) is 0 Å². The number of nitrogens with one attached hydrogen (secondary N) is 1. The van der Waals surface area contributed by atoms with Gasteiger partial charge in [-0.25, -0.2) is 4.98 Å². The minimum atomic E-state index is -4.77. The minimum absolute atomic E-state index is 0.105. The molecule has 218 valence electrons. The van der Waals surface area contributed by atoms with E-state index in [-0.39, 0.29) is 29.2 Å². The summed E-state index contributed by atoms with van der Waals surface area (Å²) >= 11 is 7.64. The molecule has 1 aromatic heterocycles. The van der Waals surface area contributed by atoms with Gasteiger partial charge in [-0.15, -0.1) is 24.5 Å². The Balaban J connectivity index is 1.17. The molecule has 2 heterocycles. The van der Waals surface area contributed by atoms with E-state index in [0.717, 1.165) is 23.4 Å². The zero-order valence-electron chi connectivity index (χ0n) is 22.4. The molecule has 0 aliphatic carbocycles. The van der Waals surface area contributed by atoms with Crippen molar-refractivity contribution in [1.82, 2.24) is 9.88 Å². The molecule has 1 aliphatic rings. The van der Waals surface area contributed by atoms with E-state index in [1.165, 1.54) is 35.6 Å². The van der Waals surface area contributed by atoms with Crippen LogP contribution in [0.1, 0.15) is 46.2 Å². The van der Waals surface area contributed by atoms with Crippen LogP contribution >= 0.6 is 22.9 Å². The number of piperidine rings is 1. The van der Waals surface area contributed by atoms with Gasteiger partial charge in [-0.05, 0) is 54.7 Å². The van der Waals surface area contributed by atoms with Crippen molar-refractivity contribution in [2.45, 2.75) is 38.0 Å². The molecule has 1 saturated heterocycles. The highest BCUT2D eigenvalue weighted by molar-refractivity contribution is 7.10. The molecular formula is C31H27ClF3N3O3S. The number of likely N-dealkylation sites (tertiary alicyclic amines) is 1. The Kier molecular flexibility index (Phi) is 9.13. The molecule has 5 rings (SSSR count). The lowest BCUT2D eigenvalue weighted by Gasteiger charge is -2.31. The van der Waals surface area contributed by atoms with Crippen LogP contribution < -0.4 is 10.1 Å². The fourth-order valence-corrected chi connectivity index (χ4v) is 6.12. The summed E-state index contributed by atoms with van der Waals surface area (Å²) in [6, 6.07) is 20.0. The number of hydrogen-bond donors (Lipinski definition) is 1. The number of carbonyl (C=O) groups is 2. The summed E-state index contributed by atoms with van der Waals surface area (Å²) in [5, 5.41) is 6.13. The first-order valence-electron chi connectivity index (χ1n) is 13.4. The lowest BCUT2D eigenvalue weighted by atomic mass is 9.97. The van der Waals surface area contributed by atoms with Crippen LogP contribution in [0.4, 0.5) is 18.9 Å². The highest BCUT2D eigenvalue weighted by atomic mass is 35.5. The van der Waals surface area contributed by atoms with E-state index >= 15 is 0 Å². The number of thiazole rings is 1. The maximum Gasteiger partial charge on any atom is 0.573 e. The van der Waals surface area contributed by atoms with E-state index in [2.05, 4.69) is 15.0 Å². The average Bonchev–Trinajstić information content (AvgIpc) is 3.47. The van der Waals surface area contributed by atoms with Crippen LogP contribution in [0.5, 0.6) is 5.75 Å². The number of aryl methyl sites for hydroxylation is 1. The summed E-state index contributed by atoms with van der Waals surface area (Å²) in [5.74, 6) is -0.438. The van der Waals surface area contributed by atoms with Crippen LogP contribution in [0, 0.1) is 0 Å². The fourth-order valence-electron chi connectivity index (χ4n) is 4.92. The molecule has 2 amide bonds. The van der Waals surface area contributed by atoms with Crippen molar-refractivity contribution in [2.24, 2.45) is 0 Å². The largest absolute Gasteiger partial charge is 0.573 e. The summed E-state index contributed by atoms with van der Waals surface area (Å²) in [5.41, 5.74) is 3.02. The smallest absolute Gasteiger partial charge is 0.406 e. The minimum Gasteiger partial charge on any atom is -0.406 e. The quantitative estimate of drug-likeness (QED) is 0.219. The SMILES string of the molecule is O=C(Nc1ccccc1-c1ccc(OC(F)(F)F)cc1)c1csc(C2CCN(C(=O)CCc3ccccc3Cl)CC2)n1. The number of rotatable bonds is 8. The lowest BCUT2D eigenvalue weighted by Crippen LogP contribution is -2.38. The fraction of sp³-hybridized carbons (Fsp3) is 0.258. The Morgan fingerprint density at radius 3 is 2.40 bits per heavy atom. The number of aromatic nitrogens is 1. The number of para-hydroxylation sites is 1. The molecule has 0 spiro atoms. The predicted octanol–water partition coefficient (Wildman–Crippen LogP) is 7.95. The molecule has 4 aromatic rings. The van der Waals surface area contributed by atoms with Crippen molar-refractivity contribution in [3.05, 3.63) is 99.5 Å². The van der Waals surface area contributed by atoms with Crippen LogP contribution in [0.25, 0.3) is 11.1 Å². The molecule has 11 heteroatoms. The van der Waals surface area contributed by atoms with Gasteiger partial charge in [-0.3, -0.25) is 9.59 Å². The first kappa shape index (κ1) is 29.6. The van der Waals surface area contributed by atoms with Gasteiger partial charge >= 0.3 is 6.36 Å². The second-order valence-corrected chi connectivity index (χ2v) is 11.2. The molecule has 0 radical (unpaired) electrons. The van der Waals surface area contributed by atoms with Gasteiger partial charge in [0.2, 0.25) is 5.91 Å². The second-order valence-electron chi connectivity index (χ2n) is 9.89. The normalized spacial score (nSPS) is 14.0. The summed E-state index contributed by atoms with van der Waals surface area (Å²) in [6.07, 6.45) is -2.23. The lowest BCUT2D eigenvalue weighted by molar-refractivity contribution is -0.274. The van der Waals surface area contributed by atoms with Gasteiger partial charge in [0.25, 0.3) is 5.91 Å². The van der Waals surface area contributed by atoms with Crippen LogP contribution in [0.2, 0.25) is 5.02 Å². The van der Waals surface area contributed by atoms with Crippen molar-refractivity contribution >= 4 is 40.4 Å². The highest BCUT2D eigenvalue weighted by Crippen LogP contribution is 2.33. The Morgan fingerprint density at radius 2 is 1.69 bits per heavy atom. The Bertz CT molecular complexity index is 1550. The summed E-state index contributed by atoms with van der Waals surface area (Å²) in [7, 11) is 0. The zero-order chi connectivity index (χ0) is 29.7. The number of halogens is 4. The Morgan fingerprint density at radius 1 is 1.00 bits per heavy atom. The van der Waals surface area contributed by atoms with E-state index in [1.54, 1.807) is 29.6 Å². The van der Waals surface area contributed by atoms with Crippen LogP contribution in [0.3, 0.4) is 0 Å². The van der Waals surface area contributed by atoms with Gasteiger partial charge in [-0.2, -0.15) is 0 Å². The molecule has 3 aromatic carbocycles. The van der Waals surface area contributed by atoms with Gasteiger partial charge in [-0.1, -0.05) is 60.1 Å². The topological polar surface area (TPSA) is 71.5 Å². The molecule has 1 aliphatic heterocycles. The monoisotopic (exact) mass is 613 g/mol. The van der Waals surface area contributed by atoms with Crippen LogP contribution in [-0.4, -0.2) is 41.2 Å². The molecule has 42 heavy (non-hydrogen) atoms. The molecule has 0 atom stereocenters. The third-order valence-corrected chi connectivity index (χ3v) is 8.47. The molecule has 1 fully saturated rings. The van der Waals surface area contributed by atoms with Gasteiger partial charge in [0.1, 0.15) is 11.4 Å². The maximum absolute atomic E-state index is 13.1. The summed E-state index contributed by atoms with van der Waals surface area (Å²) < 4.78 is 41.5. The van der Waals surface area contributed by atoms with Crippen molar-refractivity contribution in [2.75, 3.05) is 18.4 Å². The number of alkyl halides is 3. The van der Waals surface area contributed by atoms with Gasteiger partial charge in [0.05, 0.1) is 5.01 Å². The van der Waals surface area contributed by atoms with Gasteiger partial charge < -0.3 is 15.0 Å². The summed E-state index contributed by atoms with van der Waals surface area (Å²) in [4.78, 5) is 32.3. The average molecular weight is 614 g/mol. The number of amides is 2. The number of hydrogen-bond acceptors (Lipinski definition) is 5. The van der Waals surface area contributed by atoms with Crippen molar-refractivity contribution in [3.8, 4) is 16.9 Å². The van der Waals surface area contributed by atoms with E-state index in [4.69, 9.17) is 11.6 Å².